The van der Waals surface area contributed by atoms with Gasteiger partial charge in [-0.15, -0.1) is 0 Å². The summed E-state index contributed by atoms with van der Waals surface area (Å²) in [6.07, 6.45) is 85.4. The van der Waals surface area contributed by atoms with E-state index in [1.54, 1.807) is 0 Å². The van der Waals surface area contributed by atoms with E-state index in [0.717, 1.165) is 141 Å². The van der Waals surface area contributed by atoms with Crippen LogP contribution < -0.4 is 0 Å². The van der Waals surface area contributed by atoms with Crippen molar-refractivity contribution in [3.05, 3.63) is 158 Å². The summed E-state index contributed by atoms with van der Waals surface area (Å²) in [5.74, 6) is -2.37. The van der Waals surface area contributed by atoms with Crippen LogP contribution in [0.3, 0.4) is 0 Å². The Morgan fingerprint density at radius 2 is 0.539 bits per heavy atom. The molecular weight excluding hydrogens is 1330 g/mol. The van der Waals surface area contributed by atoms with E-state index in [2.05, 4.69) is 155 Å². The maximum absolute atomic E-state index is 13.1. The van der Waals surface area contributed by atoms with Gasteiger partial charge in [-0.2, -0.15) is 0 Å². The van der Waals surface area contributed by atoms with Crippen molar-refractivity contribution in [1.29, 1.82) is 0 Å². The van der Waals surface area contributed by atoms with Crippen molar-refractivity contribution in [1.82, 2.24) is 0 Å². The maximum Gasteiger partial charge on any atom is 0.472 e. The first-order valence-electron chi connectivity index (χ1n) is 38.7. The molecule has 5 unspecified atom stereocenters. The van der Waals surface area contributed by atoms with Gasteiger partial charge < -0.3 is 33.8 Å². The number of unbranched alkanes of at least 4 members (excludes halogenated alkanes) is 19. The van der Waals surface area contributed by atoms with Crippen molar-refractivity contribution >= 4 is 39.5 Å². The number of hydrogen-bond donors (Lipinski definition) is 3. The molecule has 5 atom stereocenters. The van der Waals surface area contributed by atoms with Gasteiger partial charge in [-0.25, -0.2) is 9.13 Å². The van der Waals surface area contributed by atoms with Gasteiger partial charge in [0.25, 0.3) is 0 Å². The molecule has 0 aliphatic heterocycles. The molecule has 102 heavy (non-hydrogen) atoms. The SMILES string of the molecule is CC/C=C\C/C=C\C/C=C\C/C=C\C/C=C\C/C=C\CCC(=O)OCC(COP(=O)(O)OCC(O)COP(=O)(O)OCC(COC(=O)CCC/C=C\C/C=C\C/C=C\C/C=C\C/C=C\CC)OC(=O)CCCCCCC/C=C\CCCCCC)OC(=O)CCCCCCC/C=C\CCCCCC. The highest BCUT2D eigenvalue weighted by Gasteiger charge is 2.30. The zero-order valence-corrected chi connectivity index (χ0v) is 65.0. The fourth-order valence-electron chi connectivity index (χ4n) is 9.62. The van der Waals surface area contributed by atoms with Gasteiger partial charge in [0.2, 0.25) is 0 Å². The molecular formula is C83H136O17P2. The minimum absolute atomic E-state index is 0.0292. The van der Waals surface area contributed by atoms with Crippen LogP contribution in [0.1, 0.15) is 285 Å². The fraction of sp³-hybridized carbons (Fsp3) is 0.639. The lowest BCUT2D eigenvalue weighted by Crippen LogP contribution is -2.30. The van der Waals surface area contributed by atoms with E-state index in [1.165, 1.54) is 51.4 Å². The molecule has 0 spiro atoms. The predicted octanol–water partition coefficient (Wildman–Crippen LogP) is 22.4. The number of ether oxygens (including phenoxy) is 4. The minimum Gasteiger partial charge on any atom is -0.462 e. The van der Waals surface area contributed by atoms with Crippen molar-refractivity contribution in [2.75, 3.05) is 39.6 Å². The average molecular weight is 1470 g/mol. The molecule has 0 aromatic heterocycles. The molecule has 0 rings (SSSR count). The molecule has 0 aromatic rings. The van der Waals surface area contributed by atoms with Crippen LogP contribution in [0, 0.1) is 0 Å². The first-order valence-corrected chi connectivity index (χ1v) is 41.7. The number of aliphatic hydroxyl groups excluding tert-OH is 1. The van der Waals surface area contributed by atoms with Crippen molar-refractivity contribution in [3.8, 4) is 0 Å². The number of carbonyl (C=O) groups excluding carboxylic acids is 4. The van der Waals surface area contributed by atoms with Crippen LogP contribution in [-0.2, 0) is 65.4 Å². The number of phosphoric ester groups is 2. The second-order valence-corrected chi connectivity index (χ2v) is 28.1. The summed E-state index contributed by atoms with van der Waals surface area (Å²) in [7, 11) is -10.0. The normalized spacial score (nSPS) is 14.8. The summed E-state index contributed by atoms with van der Waals surface area (Å²) >= 11 is 0. The van der Waals surface area contributed by atoms with Gasteiger partial charge in [-0.05, 0) is 154 Å². The zero-order valence-electron chi connectivity index (χ0n) is 63.2. The molecule has 0 aliphatic carbocycles. The number of esters is 4. The molecule has 0 aliphatic rings. The first kappa shape index (κ1) is 96.7. The fourth-order valence-corrected chi connectivity index (χ4v) is 11.2. The third-order valence-electron chi connectivity index (χ3n) is 15.5. The number of carbonyl (C=O) groups is 4. The Balaban J connectivity index is 5.47. The van der Waals surface area contributed by atoms with Crippen LogP contribution in [0.5, 0.6) is 0 Å². The lowest BCUT2D eigenvalue weighted by molar-refractivity contribution is -0.161. The first-order chi connectivity index (χ1) is 49.7. The van der Waals surface area contributed by atoms with E-state index < -0.39 is 97.5 Å². The Morgan fingerprint density at radius 1 is 0.284 bits per heavy atom. The Morgan fingerprint density at radius 3 is 0.882 bits per heavy atom. The predicted molar refractivity (Wildman–Crippen MR) is 417 cm³/mol. The van der Waals surface area contributed by atoms with E-state index in [-0.39, 0.29) is 25.7 Å². The lowest BCUT2D eigenvalue weighted by atomic mass is 10.1. The van der Waals surface area contributed by atoms with E-state index in [0.29, 0.717) is 38.5 Å². The smallest absolute Gasteiger partial charge is 0.462 e. The maximum atomic E-state index is 13.1. The van der Waals surface area contributed by atoms with Gasteiger partial charge in [0.1, 0.15) is 19.3 Å². The van der Waals surface area contributed by atoms with Gasteiger partial charge in [0.05, 0.1) is 26.4 Å². The number of hydrogen-bond acceptors (Lipinski definition) is 15. The van der Waals surface area contributed by atoms with Gasteiger partial charge in [-0.1, -0.05) is 263 Å². The molecule has 0 saturated carbocycles. The second kappa shape index (κ2) is 74.0. The van der Waals surface area contributed by atoms with Gasteiger partial charge in [-0.3, -0.25) is 37.3 Å². The summed E-state index contributed by atoms with van der Waals surface area (Å²) in [6, 6.07) is 0. The van der Waals surface area contributed by atoms with Crippen LogP contribution in [0.15, 0.2) is 158 Å². The van der Waals surface area contributed by atoms with E-state index in [9.17, 15) is 43.2 Å². The Bertz CT molecular complexity index is 2550. The third-order valence-corrected chi connectivity index (χ3v) is 17.4. The van der Waals surface area contributed by atoms with Gasteiger partial charge in [0.15, 0.2) is 12.2 Å². The summed E-state index contributed by atoms with van der Waals surface area (Å²) in [5.41, 5.74) is 0. The largest absolute Gasteiger partial charge is 0.472 e. The van der Waals surface area contributed by atoms with E-state index in [4.69, 9.17) is 37.0 Å². The van der Waals surface area contributed by atoms with Crippen molar-refractivity contribution in [2.45, 2.75) is 303 Å². The van der Waals surface area contributed by atoms with Crippen molar-refractivity contribution in [2.24, 2.45) is 0 Å². The molecule has 0 fully saturated rings. The summed E-state index contributed by atoms with van der Waals surface area (Å²) < 4.78 is 68.3. The quantitative estimate of drug-likeness (QED) is 0.0169. The van der Waals surface area contributed by atoms with E-state index >= 15 is 0 Å². The monoisotopic (exact) mass is 1470 g/mol. The van der Waals surface area contributed by atoms with Crippen LogP contribution in [0.2, 0.25) is 0 Å². The van der Waals surface area contributed by atoms with Crippen LogP contribution in [-0.4, -0.2) is 96.7 Å². The Hall–Kier alpha value is -5.32. The molecule has 17 nitrogen and oxygen atoms in total. The highest BCUT2D eigenvalue weighted by molar-refractivity contribution is 7.47. The highest BCUT2D eigenvalue weighted by atomic mass is 31.2. The minimum atomic E-state index is -5.00. The summed E-state index contributed by atoms with van der Waals surface area (Å²) in [4.78, 5) is 72.8. The summed E-state index contributed by atoms with van der Waals surface area (Å²) in [5, 5.41) is 10.6. The number of allylic oxidation sites excluding steroid dienone is 26. The van der Waals surface area contributed by atoms with Crippen LogP contribution in [0.25, 0.3) is 0 Å². The molecule has 0 amide bonds. The third kappa shape index (κ3) is 73.0. The molecule has 0 saturated heterocycles. The molecule has 19 heteroatoms. The Kier molecular flexibility index (Phi) is 70.1. The van der Waals surface area contributed by atoms with Crippen molar-refractivity contribution in [3.63, 3.8) is 0 Å². The van der Waals surface area contributed by atoms with Crippen molar-refractivity contribution < 1.29 is 80.2 Å². The van der Waals surface area contributed by atoms with Gasteiger partial charge in [0, 0.05) is 25.7 Å². The molecule has 0 radical (unpaired) electrons. The number of rotatable bonds is 71. The standard InChI is InChI=1S/C83H136O17P2/c1-5-9-13-17-21-25-29-33-35-37-38-40-42-46-48-52-56-60-64-68-81(86)94-74-79(100-83(88)70-66-62-58-54-50-44-32-28-24-20-16-12-8-4)76-98-102(91,92)96-72-77(84)71-95-101(89,90)97-75-78(99-82(87)69-65-61-57-53-49-43-31-27-23-19-15-11-7-3)73-93-80(85)67-63-59-55-51-47-45-41-39-36-34-30-26-22-18-14-10-6-2/h9-10,13-14,21-22,25-28,31-36,38,40-41,45-46,48,51,55-56,60,77-79,84H,5-8,11-12,15-20,23-24,29-30,37,39,42-44,47,49-50,52-54,57-59,61-76H2,1-4H3,(H,89,90)(H,91,92)/b13-9-,14-10-,25-21-,26-22-,31-27-,32-28-,35-33-,36-34-,40-38-,45-41-,48-46-,55-51-,60-56-. The van der Waals surface area contributed by atoms with Crippen LogP contribution >= 0.6 is 15.6 Å². The topological polar surface area (TPSA) is 237 Å². The Labute approximate surface area is 617 Å². The zero-order chi connectivity index (χ0) is 74.6. The van der Waals surface area contributed by atoms with Gasteiger partial charge >= 0.3 is 39.5 Å². The van der Waals surface area contributed by atoms with Crippen LogP contribution in [0.4, 0.5) is 0 Å². The molecule has 0 heterocycles. The highest BCUT2D eigenvalue weighted by Crippen LogP contribution is 2.45. The molecule has 0 bridgehead atoms. The second-order valence-electron chi connectivity index (χ2n) is 25.2. The average Bonchev–Trinajstić information content (AvgIpc) is 0.909. The molecule has 580 valence electrons. The molecule has 3 N–H and O–H groups in total. The van der Waals surface area contributed by atoms with E-state index in [1.807, 2.05) is 30.4 Å². The number of aliphatic hydroxyl groups is 1. The summed E-state index contributed by atoms with van der Waals surface area (Å²) in [6.45, 7) is 4.43. The lowest BCUT2D eigenvalue weighted by Gasteiger charge is -2.21. The molecule has 0 aromatic carbocycles. The number of phosphoric acid groups is 2.